The number of nitrogens with one attached hydrogen (secondary N) is 2. The van der Waals surface area contributed by atoms with Crippen LogP contribution in [-0.2, 0) is 0 Å². The first-order valence-corrected chi connectivity index (χ1v) is 7.77. The molecule has 0 saturated carbocycles. The van der Waals surface area contributed by atoms with Crippen LogP contribution in [0.3, 0.4) is 0 Å². The van der Waals surface area contributed by atoms with E-state index >= 15 is 0 Å². The van der Waals surface area contributed by atoms with E-state index in [1.165, 1.54) is 25.0 Å². The summed E-state index contributed by atoms with van der Waals surface area (Å²) in [5.74, 6) is -0.0492. The van der Waals surface area contributed by atoms with Crippen LogP contribution in [0.25, 0.3) is 0 Å². The van der Waals surface area contributed by atoms with Crippen LogP contribution in [0.15, 0.2) is 18.2 Å². The first-order chi connectivity index (χ1) is 10.6. The molecule has 2 rings (SSSR count). The maximum absolute atomic E-state index is 13.8. The number of likely N-dealkylation sites (tertiary alicyclic amines) is 1. The Morgan fingerprint density at radius 1 is 1.50 bits per heavy atom. The predicted molar refractivity (Wildman–Crippen MR) is 84.9 cm³/mol. The number of ether oxygens (including phenoxy) is 1. The first-order valence-electron chi connectivity index (χ1n) is 7.77. The molecule has 1 unspecified atom stereocenters. The minimum atomic E-state index is -0.503. The number of amides is 2. The fourth-order valence-corrected chi connectivity index (χ4v) is 2.72. The van der Waals surface area contributed by atoms with Gasteiger partial charge in [-0.25, -0.2) is 9.18 Å². The molecular weight excluding hydrogens is 285 g/mol. The van der Waals surface area contributed by atoms with Gasteiger partial charge in [0.25, 0.3) is 0 Å². The Labute approximate surface area is 130 Å². The van der Waals surface area contributed by atoms with E-state index in [1.54, 1.807) is 6.07 Å². The SMILES string of the molecule is CCOc1ccc(NC(=O)NCCC2CCCN2C)c(F)c1. The minimum Gasteiger partial charge on any atom is -0.494 e. The van der Waals surface area contributed by atoms with E-state index in [2.05, 4.69) is 22.6 Å². The number of urea groups is 1. The molecule has 1 aliphatic rings. The Morgan fingerprint density at radius 3 is 2.95 bits per heavy atom. The highest BCUT2D eigenvalue weighted by Crippen LogP contribution is 2.20. The number of rotatable bonds is 6. The fraction of sp³-hybridized carbons (Fsp3) is 0.562. The number of carbonyl (C=O) groups excluding carboxylic acids is 1. The second-order valence-electron chi connectivity index (χ2n) is 5.52. The Morgan fingerprint density at radius 2 is 2.32 bits per heavy atom. The van der Waals surface area contributed by atoms with E-state index in [9.17, 15) is 9.18 Å². The molecule has 1 fully saturated rings. The molecule has 2 N–H and O–H groups in total. The second kappa shape index (κ2) is 7.98. The summed E-state index contributed by atoms with van der Waals surface area (Å²) in [7, 11) is 2.10. The van der Waals surface area contributed by atoms with E-state index in [-0.39, 0.29) is 11.7 Å². The molecule has 22 heavy (non-hydrogen) atoms. The van der Waals surface area contributed by atoms with Crippen LogP contribution in [0, 0.1) is 5.82 Å². The number of hydrogen-bond donors (Lipinski definition) is 2. The van der Waals surface area contributed by atoms with Crippen LogP contribution in [0.4, 0.5) is 14.9 Å². The molecule has 1 atom stereocenters. The van der Waals surface area contributed by atoms with Gasteiger partial charge in [-0.05, 0) is 51.9 Å². The third-order valence-corrected chi connectivity index (χ3v) is 3.93. The Hall–Kier alpha value is -1.82. The predicted octanol–water partition coefficient (Wildman–Crippen LogP) is 2.83. The van der Waals surface area contributed by atoms with Gasteiger partial charge >= 0.3 is 6.03 Å². The molecule has 0 radical (unpaired) electrons. The lowest BCUT2D eigenvalue weighted by Gasteiger charge is -2.19. The lowest BCUT2D eigenvalue weighted by Crippen LogP contribution is -2.34. The van der Waals surface area contributed by atoms with E-state index in [0.717, 1.165) is 13.0 Å². The van der Waals surface area contributed by atoms with Crippen LogP contribution in [0.2, 0.25) is 0 Å². The molecule has 5 nitrogen and oxygen atoms in total. The molecule has 0 aromatic heterocycles. The van der Waals surface area contributed by atoms with Gasteiger partial charge in [0, 0.05) is 18.7 Å². The van der Waals surface area contributed by atoms with Gasteiger partial charge in [-0.3, -0.25) is 0 Å². The average molecular weight is 309 g/mol. The summed E-state index contributed by atoms with van der Waals surface area (Å²) in [5, 5.41) is 5.29. The van der Waals surface area contributed by atoms with Crippen LogP contribution in [0.5, 0.6) is 5.75 Å². The van der Waals surface area contributed by atoms with Crippen LogP contribution in [-0.4, -0.2) is 43.7 Å². The van der Waals surface area contributed by atoms with Gasteiger partial charge in [0.2, 0.25) is 0 Å². The van der Waals surface area contributed by atoms with Crippen molar-refractivity contribution in [3.8, 4) is 5.75 Å². The number of nitrogens with zero attached hydrogens (tertiary/aromatic N) is 1. The molecule has 1 aromatic rings. The summed E-state index contributed by atoms with van der Waals surface area (Å²) in [6.45, 7) is 4.01. The quantitative estimate of drug-likeness (QED) is 0.849. The zero-order valence-electron chi connectivity index (χ0n) is 13.2. The summed E-state index contributed by atoms with van der Waals surface area (Å²) < 4.78 is 19.0. The molecule has 1 aromatic carbocycles. The van der Waals surface area contributed by atoms with Gasteiger partial charge in [-0.2, -0.15) is 0 Å². The number of benzene rings is 1. The van der Waals surface area contributed by atoms with E-state index < -0.39 is 5.82 Å². The van der Waals surface area contributed by atoms with Crippen molar-refractivity contribution in [3.63, 3.8) is 0 Å². The van der Waals surface area contributed by atoms with Crippen molar-refractivity contribution in [3.05, 3.63) is 24.0 Å². The van der Waals surface area contributed by atoms with Gasteiger partial charge < -0.3 is 20.3 Å². The Kier molecular flexibility index (Phi) is 6.00. The van der Waals surface area contributed by atoms with Gasteiger partial charge in [-0.1, -0.05) is 0 Å². The highest BCUT2D eigenvalue weighted by atomic mass is 19.1. The summed E-state index contributed by atoms with van der Waals surface area (Å²) in [6, 6.07) is 4.55. The number of carbonyl (C=O) groups is 1. The van der Waals surface area contributed by atoms with Crippen LogP contribution in [0.1, 0.15) is 26.2 Å². The minimum absolute atomic E-state index is 0.152. The third-order valence-electron chi connectivity index (χ3n) is 3.93. The monoisotopic (exact) mass is 309 g/mol. The maximum atomic E-state index is 13.8. The van der Waals surface area contributed by atoms with E-state index in [0.29, 0.717) is 24.9 Å². The van der Waals surface area contributed by atoms with Crippen molar-refractivity contribution < 1.29 is 13.9 Å². The van der Waals surface area contributed by atoms with E-state index in [1.807, 2.05) is 6.92 Å². The molecule has 0 aliphatic carbocycles. The first kappa shape index (κ1) is 16.5. The number of halogens is 1. The summed E-state index contributed by atoms with van der Waals surface area (Å²) >= 11 is 0. The standard InChI is InChI=1S/C16H24FN3O2/c1-3-22-13-6-7-15(14(17)11-13)19-16(21)18-9-8-12-5-4-10-20(12)2/h6-7,11-12H,3-5,8-10H2,1-2H3,(H2,18,19,21). The molecule has 0 spiro atoms. The molecule has 0 bridgehead atoms. The largest absolute Gasteiger partial charge is 0.494 e. The maximum Gasteiger partial charge on any atom is 0.319 e. The molecule has 1 heterocycles. The van der Waals surface area contributed by atoms with Crippen LogP contribution < -0.4 is 15.4 Å². The fourth-order valence-electron chi connectivity index (χ4n) is 2.72. The van der Waals surface area contributed by atoms with Gasteiger partial charge in [0.1, 0.15) is 11.6 Å². The van der Waals surface area contributed by atoms with Gasteiger partial charge in [0.15, 0.2) is 0 Å². The highest BCUT2D eigenvalue weighted by molar-refractivity contribution is 5.89. The number of hydrogen-bond acceptors (Lipinski definition) is 3. The van der Waals surface area contributed by atoms with Crippen molar-refractivity contribution in [1.29, 1.82) is 0 Å². The summed E-state index contributed by atoms with van der Waals surface area (Å²) in [4.78, 5) is 14.1. The Bertz CT molecular complexity index is 510. The van der Waals surface area contributed by atoms with Gasteiger partial charge in [-0.15, -0.1) is 0 Å². The molecule has 1 saturated heterocycles. The second-order valence-corrected chi connectivity index (χ2v) is 5.52. The lowest BCUT2D eigenvalue weighted by molar-refractivity contribution is 0.248. The van der Waals surface area contributed by atoms with Crippen molar-refractivity contribution in [1.82, 2.24) is 10.2 Å². The highest BCUT2D eigenvalue weighted by Gasteiger charge is 2.20. The molecule has 2 amide bonds. The smallest absolute Gasteiger partial charge is 0.319 e. The lowest BCUT2D eigenvalue weighted by atomic mass is 10.1. The Balaban J connectivity index is 1.76. The van der Waals surface area contributed by atoms with Crippen molar-refractivity contribution in [2.45, 2.75) is 32.2 Å². The van der Waals surface area contributed by atoms with Crippen molar-refractivity contribution in [2.75, 3.05) is 32.1 Å². The van der Waals surface area contributed by atoms with Crippen LogP contribution >= 0.6 is 0 Å². The van der Waals surface area contributed by atoms with E-state index in [4.69, 9.17) is 4.74 Å². The molecule has 6 heteroatoms. The molecule has 122 valence electrons. The molecule has 1 aliphatic heterocycles. The zero-order valence-corrected chi connectivity index (χ0v) is 13.2. The zero-order chi connectivity index (χ0) is 15.9. The third kappa shape index (κ3) is 4.59. The normalized spacial score (nSPS) is 18.2. The average Bonchev–Trinajstić information content (AvgIpc) is 2.88. The van der Waals surface area contributed by atoms with Crippen molar-refractivity contribution >= 4 is 11.7 Å². The number of anilines is 1. The summed E-state index contributed by atoms with van der Waals surface area (Å²) in [5.41, 5.74) is 0.152. The molecular formula is C16H24FN3O2. The topological polar surface area (TPSA) is 53.6 Å². The summed E-state index contributed by atoms with van der Waals surface area (Å²) in [6.07, 6.45) is 3.30. The van der Waals surface area contributed by atoms with Gasteiger partial charge in [0.05, 0.1) is 12.3 Å². The van der Waals surface area contributed by atoms with Crippen molar-refractivity contribution in [2.24, 2.45) is 0 Å².